The Morgan fingerprint density at radius 2 is 2.00 bits per heavy atom. The van der Waals surface area contributed by atoms with Crippen molar-refractivity contribution >= 4 is 17.7 Å². The van der Waals surface area contributed by atoms with Gasteiger partial charge in [-0.15, -0.1) is 0 Å². The Labute approximate surface area is 108 Å². The van der Waals surface area contributed by atoms with E-state index >= 15 is 0 Å². The number of nitrogens with zero attached hydrogens (tertiary/aromatic N) is 2. The maximum Gasteiger partial charge on any atom is 0.224 e. The molecule has 0 aliphatic heterocycles. The minimum absolute atomic E-state index is 0.0512. The first-order chi connectivity index (χ1) is 8.65. The predicted octanol–water partition coefficient (Wildman–Crippen LogP) is 1.15. The summed E-state index contributed by atoms with van der Waals surface area (Å²) in [5.41, 5.74) is 0.904. The molecule has 0 saturated heterocycles. The van der Waals surface area contributed by atoms with Crippen molar-refractivity contribution in [2.45, 2.75) is 27.2 Å². The molecule has 18 heavy (non-hydrogen) atoms. The molecule has 1 rings (SSSR count). The second-order valence-corrected chi connectivity index (χ2v) is 3.88. The van der Waals surface area contributed by atoms with Crippen LogP contribution in [0.2, 0.25) is 0 Å². The van der Waals surface area contributed by atoms with Crippen molar-refractivity contribution in [2.75, 3.05) is 30.3 Å². The van der Waals surface area contributed by atoms with Crippen LogP contribution in [0, 0.1) is 6.92 Å². The van der Waals surface area contributed by atoms with Crippen LogP contribution in [0.15, 0.2) is 6.07 Å². The van der Waals surface area contributed by atoms with Gasteiger partial charge in [-0.3, -0.25) is 4.79 Å². The zero-order valence-corrected chi connectivity index (χ0v) is 11.2. The Morgan fingerprint density at radius 3 is 2.67 bits per heavy atom. The number of amides is 1. The van der Waals surface area contributed by atoms with Crippen LogP contribution in [0.5, 0.6) is 0 Å². The van der Waals surface area contributed by atoms with Crippen molar-refractivity contribution in [1.82, 2.24) is 15.3 Å². The number of aromatic nitrogens is 2. The minimum Gasteiger partial charge on any atom is -0.370 e. The highest BCUT2D eigenvalue weighted by Crippen LogP contribution is 2.08. The normalized spacial score (nSPS) is 9.94. The van der Waals surface area contributed by atoms with E-state index in [4.69, 9.17) is 0 Å². The van der Waals surface area contributed by atoms with Crippen molar-refractivity contribution in [3.05, 3.63) is 11.8 Å². The summed E-state index contributed by atoms with van der Waals surface area (Å²) < 4.78 is 0. The van der Waals surface area contributed by atoms with E-state index < -0.39 is 0 Å². The molecule has 1 aromatic heterocycles. The Balaban J connectivity index is 2.44. The Hall–Kier alpha value is -1.85. The standard InChI is InChI=1S/C12H21N5O/c1-4-11(18)14-6-7-15-12-16-9(3)8-10(17-12)13-5-2/h8H,4-7H2,1-3H3,(H,14,18)(H2,13,15,16,17). The van der Waals surface area contributed by atoms with Gasteiger partial charge in [-0.25, -0.2) is 4.98 Å². The van der Waals surface area contributed by atoms with E-state index in [9.17, 15) is 4.79 Å². The smallest absolute Gasteiger partial charge is 0.224 e. The van der Waals surface area contributed by atoms with Crippen LogP contribution < -0.4 is 16.0 Å². The number of nitrogens with one attached hydrogen (secondary N) is 3. The molecular formula is C12H21N5O. The lowest BCUT2D eigenvalue weighted by Crippen LogP contribution is -2.28. The first kappa shape index (κ1) is 14.2. The molecule has 0 spiro atoms. The third-order valence-corrected chi connectivity index (χ3v) is 2.26. The zero-order chi connectivity index (χ0) is 13.4. The maximum absolute atomic E-state index is 11.0. The second kappa shape index (κ2) is 7.47. The molecule has 100 valence electrons. The maximum atomic E-state index is 11.0. The van der Waals surface area contributed by atoms with Crippen LogP contribution >= 0.6 is 0 Å². The Kier molecular flexibility index (Phi) is 5.90. The Morgan fingerprint density at radius 1 is 1.22 bits per heavy atom. The molecule has 0 atom stereocenters. The number of carbonyl (C=O) groups is 1. The number of hydrogen-bond donors (Lipinski definition) is 3. The quantitative estimate of drug-likeness (QED) is 0.634. The highest BCUT2D eigenvalue weighted by atomic mass is 16.1. The molecule has 0 saturated carbocycles. The summed E-state index contributed by atoms with van der Waals surface area (Å²) in [6.45, 7) is 7.77. The molecule has 0 radical (unpaired) electrons. The van der Waals surface area contributed by atoms with Crippen molar-refractivity contribution in [2.24, 2.45) is 0 Å². The summed E-state index contributed by atoms with van der Waals surface area (Å²) in [5.74, 6) is 1.44. The molecule has 6 nitrogen and oxygen atoms in total. The molecule has 3 N–H and O–H groups in total. The average Bonchev–Trinajstić information content (AvgIpc) is 2.34. The van der Waals surface area contributed by atoms with E-state index in [1.807, 2.05) is 26.8 Å². The SMILES string of the molecule is CCNc1cc(C)nc(NCCNC(=O)CC)n1. The van der Waals surface area contributed by atoms with Gasteiger partial charge in [0.1, 0.15) is 5.82 Å². The average molecular weight is 251 g/mol. The van der Waals surface area contributed by atoms with Gasteiger partial charge >= 0.3 is 0 Å². The predicted molar refractivity (Wildman–Crippen MR) is 72.7 cm³/mol. The molecule has 1 heterocycles. The van der Waals surface area contributed by atoms with Crippen LogP contribution in [-0.4, -0.2) is 35.5 Å². The van der Waals surface area contributed by atoms with Gasteiger partial charge in [0, 0.05) is 37.8 Å². The molecular weight excluding hydrogens is 230 g/mol. The van der Waals surface area contributed by atoms with Crippen molar-refractivity contribution in [3.63, 3.8) is 0 Å². The van der Waals surface area contributed by atoms with Gasteiger partial charge < -0.3 is 16.0 Å². The summed E-state index contributed by atoms with van der Waals surface area (Å²) in [6.07, 6.45) is 0.505. The van der Waals surface area contributed by atoms with Crippen molar-refractivity contribution in [1.29, 1.82) is 0 Å². The van der Waals surface area contributed by atoms with Crippen LogP contribution in [0.4, 0.5) is 11.8 Å². The van der Waals surface area contributed by atoms with E-state index in [0.29, 0.717) is 25.5 Å². The highest BCUT2D eigenvalue weighted by Gasteiger charge is 2.01. The van der Waals surface area contributed by atoms with Gasteiger partial charge in [0.2, 0.25) is 11.9 Å². The monoisotopic (exact) mass is 251 g/mol. The van der Waals surface area contributed by atoms with Gasteiger partial charge in [0.25, 0.3) is 0 Å². The fourth-order valence-electron chi connectivity index (χ4n) is 1.42. The van der Waals surface area contributed by atoms with Gasteiger partial charge in [0.05, 0.1) is 0 Å². The number of carbonyl (C=O) groups excluding carboxylic acids is 1. The molecule has 0 aliphatic carbocycles. The minimum atomic E-state index is 0.0512. The van der Waals surface area contributed by atoms with Crippen LogP contribution in [0.25, 0.3) is 0 Å². The van der Waals surface area contributed by atoms with Crippen molar-refractivity contribution < 1.29 is 4.79 Å². The largest absolute Gasteiger partial charge is 0.370 e. The molecule has 1 amide bonds. The van der Waals surface area contributed by atoms with Gasteiger partial charge in [0.15, 0.2) is 0 Å². The summed E-state index contributed by atoms with van der Waals surface area (Å²) >= 11 is 0. The number of hydrogen-bond acceptors (Lipinski definition) is 5. The fraction of sp³-hybridized carbons (Fsp3) is 0.583. The van der Waals surface area contributed by atoms with Gasteiger partial charge in [-0.05, 0) is 13.8 Å². The summed E-state index contributed by atoms with van der Waals surface area (Å²) in [4.78, 5) is 19.6. The molecule has 0 fully saturated rings. The van der Waals surface area contributed by atoms with E-state index in [2.05, 4.69) is 25.9 Å². The zero-order valence-electron chi connectivity index (χ0n) is 11.2. The lowest BCUT2D eigenvalue weighted by atomic mass is 10.4. The highest BCUT2D eigenvalue weighted by molar-refractivity contribution is 5.75. The molecule has 0 aliphatic rings. The number of anilines is 2. The lowest BCUT2D eigenvalue weighted by molar-refractivity contribution is -0.120. The fourth-order valence-corrected chi connectivity index (χ4v) is 1.42. The van der Waals surface area contributed by atoms with Gasteiger partial charge in [-0.1, -0.05) is 6.92 Å². The Bertz CT molecular complexity index is 394. The second-order valence-electron chi connectivity index (χ2n) is 3.88. The topological polar surface area (TPSA) is 78.9 Å². The molecule has 0 aromatic carbocycles. The van der Waals surface area contributed by atoms with E-state index in [-0.39, 0.29) is 5.91 Å². The molecule has 6 heteroatoms. The molecule has 0 bridgehead atoms. The van der Waals surface area contributed by atoms with Crippen molar-refractivity contribution in [3.8, 4) is 0 Å². The van der Waals surface area contributed by atoms with E-state index in [1.54, 1.807) is 0 Å². The number of aryl methyl sites for hydroxylation is 1. The van der Waals surface area contributed by atoms with E-state index in [0.717, 1.165) is 18.1 Å². The van der Waals surface area contributed by atoms with Crippen LogP contribution in [-0.2, 0) is 4.79 Å². The molecule has 1 aromatic rings. The molecule has 0 unspecified atom stereocenters. The van der Waals surface area contributed by atoms with Gasteiger partial charge in [-0.2, -0.15) is 4.98 Å². The lowest BCUT2D eigenvalue weighted by Gasteiger charge is -2.09. The van der Waals surface area contributed by atoms with Crippen LogP contribution in [0.1, 0.15) is 26.0 Å². The first-order valence-corrected chi connectivity index (χ1v) is 6.25. The number of rotatable bonds is 7. The third kappa shape index (κ3) is 4.99. The summed E-state index contributed by atoms with van der Waals surface area (Å²) in [7, 11) is 0. The third-order valence-electron chi connectivity index (χ3n) is 2.26. The first-order valence-electron chi connectivity index (χ1n) is 6.25. The van der Waals surface area contributed by atoms with E-state index in [1.165, 1.54) is 0 Å². The summed E-state index contributed by atoms with van der Waals surface area (Å²) in [5, 5.41) is 9.02. The summed E-state index contributed by atoms with van der Waals surface area (Å²) in [6, 6.07) is 1.90. The van der Waals surface area contributed by atoms with Crippen LogP contribution in [0.3, 0.4) is 0 Å².